The van der Waals surface area contributed by atoms with Crippen molar-refractivity contribution in [3.05, 3.63) is 36.5 Å². The second-order valence-electron chi connectivity index (χ2n) is 6.36. The van der Waals surface area contributed by atoms with Gasteiger partial charge in [0.2, 0.25) is 5.09 Å². The first-order valence-electron chi connectivity index (χ1n) is 8.61. The lowest BCUT2D eigenvalue weighted by Crippen LogP contribution is -2.26. The Labute approximate surface area is 150 Å². The molecule has 4 rings (SSSR count). The molecular weight excluding hydrogens is 356 g/mol. The highest BCUT2D eigenvalue weighted by Gasteiger charge is 2.23. The van der Waals surface area contributed by atoms with Crippen molar-refractivity contribution in [3.8, 4) is 11.5 Å². The van der Waals surface area contributed by atoms with Gasteiger partial charge in [-0.3, -0.25) is 5.10 Å². The van der Waals surface area contributed by atoms with Crippen LogP contribution in [0.1, 0.15) is 44.0 Å². The average molecular weight is 376 g/mol. The van der Waals surface area contributed by atoms with Gasteiger partial charge >= 0.3 is 0 Å². The number of H-pyrrole nitrogens is 1. The molecule has 0 unspecified atom stereocenters. The molecule has 0 aliphatic heterocycles. The van der Waals surface area contributed by atoms with Crippen LogP contribution < -0.4 is 4.72 Å². The monoisotopic (exact) mass is 376 g/mol. The molecule has 0 saturated heterocycles. The largest absolute Gasteiger partial charge is 0.442 e. The molecule has 0 atom stereocenters. The van der Waals surface area contributed by atoms with Gasteiger partial charge in [-0.25, -0.2) is 13.1 Å². The molecule has 2 N–H and O–H groups in total. The topological polar surface area (TPSA) is 119 Å². The lowest BCUT2D eigenvalue weighted by molar-refractivity contribution is 0.344. The number of nitrogens with zero attached hydrogens (tertiary/aromatic N) is 4. The van der Waals surface area contributed by atoms with Gasteiger partial charge in [0, 0.05) is 12.2 Å². The van der Waals surface area contributed by atoms with E-state index in [-0.39, 0.29) is 11.6 Å². The molecule has 1 fully saturated rings. The Kier molecular flexibility index (Phi) is 4.60. The van der Waals surface area contributed by atoms with Crippen LogP contribution in [-0.2, 0) is 16.6 Å². The zero-order valence-electron chi connectivity index (χ0n) is 14.1. The van der Waals surface area contributed by atoms with Crippen LogP contribution in [0.2, 0.25) is 0 Å². The van der Waals surface area contributed by atoms with Gasteiger partial charge in [-0.15, -0.1) is 10.2 Å². The van der Waals surface area contributed by atoms with Crippen molar-refractivity contribution in [3.63, 3.8) is 0 Å². The van der Waals surface area contributed by atoms with Crippen molar-refractivity contribution in [2.24, 2.45) is 0 Å². The number of nitrogens with one attached hydrogen (secondary N) is 2. The van der Waals surface area contributed by atoms with Crippen molar-refractivity contribution < 1.29 is 12.8 Å². The maximum Gasteiger partial charge on any atom is 0.274 e. The fourth-order valence-corrected chi connectivity index (χ4v) is 4.20. The summed E-state index contributed by atoms with van der Waals surface area (Å²) in [5.74, 6) is 1.02. The second-order valence-corrected chi connectivity index (χ2v) is 8.06. The highest BCUT2D eigenvalue weighted by molar-refractivity contribution is 7.89. The fourth-order valence-electron chi connectivity index (χ4n) is 3.29. The van der Waals surface area contributed by atoms with E-state index in [1.54, 1.807) is 24.7 Å². The Morgan fingerprint density at radius 1 is 1.23 bits per heavy atom. The van der Waals surface area contributed by atoms with Crippen LogP contribution in [0.15, 0.2) is 40.2 Å². The molecule has 0 bridgehead atoms. The Morgan fingerprint density at radius 2 is 2.08 bits per heavy atom. The fraction of sp³-hybridized carbons (Fsp3) is 0.438. The zero-order valence-corrected chi connectivity index (χ0v) is 14.9. The molecule has 10 heteroatoms. The third-order valence-electron chi connectivity index (χ3n) is 4.65. The number of hydrogen-bond acceptors (Lipinski definition) is 6. The summed E-state index contributed by atoms with van der Waals surface area (Å²) in [6, 6.07) is 5.06. The number of sulfonamides is 1. The van der Waals surface area contributed by atoms with Crippen LogP contribution in [0.4, 0.5) is 0 Å². The summed E-state index contributed by atoms with van der Waals surface area (Å²) in [4.78, 5) is 0. The van der Waals surface area contributed by atoms with Crippen LogP contribution in [-0.4, -0.2) is 33.4 Å². The van der Waals surface area contributed by atoms with Gasteiger partial charge in [-0.2, -0.15) is 5.10 Å². The molecule has 1 saturated carbocycles. The normalized spacial score (nSPS) is 16.2. The Hall–Kier alpha value is -2.46. The molecule has 138 valence electrons. The number of rotatable bonds is 6. The van der Waals surface area contributed by atoms with Gasteiger partial charge in [0.05, 0.1) is 6.54 Å². The summed E-state index contributed by atoms with van der Waals surface area (Å²) in [7, 11) is -3.79. The van der Waals surface area contributed by atoms with Gasteiger partial charge < -0.3 is 8.98 Å². The van der Waals surface area contributed by atoms with Gasteiger partial charge in [0.25, 0.3) is 10.0 Å². The van der Waals surface area contributed by atoms with Gasteiger partial charge in [-0.05, 0) is 31.0 Å². The third kappa shape index (κ3) is 3.42. The molecule has 0 radical (unpaired) electrons. The number of aromatic nitrogens is 5. The number of aromatic amines is 1. The first kappa shape index (κ1) is 17.0. The molecule has 1 aliphatic carbocycles. The summed E-state index contributed by atoms with van der Waals surface area (Å²) < 4.78 is 35.0. The molecule has 3 heterocycles. The molecule has 0 amide bonds. The second kappa shape index (κ2) is 7.04. The van der Waals surface area contributed by atoms with Crippen molar-refractivity contribution >= 4 is 10.0 Å². The van der Waals surface area contributed by atoms with E-state index in [9.17, 15) is 8.42 Å². The highest BCUT2D eigenvalue weighted by Crippen LogP contribution is 2.28. The molecule has 0 spiro atoms. The predicted molar refractivity (Wildman–Crippen MR) is 92.5 cm³/mol. The molecule has 3 aromatic rings. The number of furan rings is 1. The summed E-state index contributed by atoms with van der Waals surface area (Å²) in [5.41, 5.74) is 0.614. The highest BCUT2D eigenvalue weighted by atomic mass is 32.2. The van der Waals surface area contributed by atoms with Crippen molar-refractivity contribution in [2.75, 3.05) is 0 Å². The maximum absolute atomic E-state index is 12.5. The van der Waals surface area contributed by atoms with Crippen LogP contribution in [0.5, 0.6) is 0 Å². The maximum atomic E-state index is 12.5. The quantitative estimate of drug-likeness (QED) is 0.681. The van der Waals surface area contributed by atoms with Crippen molar-refractivity contribution in [1.29, 1.82) is 0 Å². The van der Waals surface area contributed by atoms with Gasteiger partial charge in [-0.1, -0.05) is 19.3 Å². The van der Waals surface area contributed by atoms with E-state index in [0.717, 1.165) is 12.8 Å². The lowest BCUT2D eigenvalue weighted by atomic mass is 9.95. The first-order valence-corrected chi connectivity index (χ1v) is 10.1. The summed E-state index contributed by atoms with van der Waals surface area (Å²) >= 11 is 0. The number of hydrogen-bond donors (Lipinski definition) is 2. The van der Waals surface area contributed by atoms with E-state index in [4.69, 9.17) is 4.42 Å². The SMILES string of the molecule is O=S(=O)(NCc1nncn1C1CCCCC1)c1ccc(-c2ccn[nH]2)o1. The molecular formula is C16H20N6O3S. The Bertz CT molecular complexity index is 954. The first-order chi connectivity index (χ1) is 12.6. The Balaban J connectivity index is 1.47. The van der Waals surface area contributed by atoms with E-state index in [0.29, 0.717) is 23.3 Å². The van der Waals surface area contributed by atoms with Crippen LogP contribution in [0, 0.1) is 0 Å². The van der Waals surface area contributed by atoms with E-state index >= 15 is 0 Å². The lowest BCUT2D eigenvalue weighted by Gasteiger charge is -2.23. The molecule has 3 aromatic heterocycles. The minimum absolute atomic E-state index is 0.0684. The van der Waals surface area contributed by atoms with E-state index in [2.05, 4.69) is 25.1 Å². The smallest absolute Gasteiger partial charge is 0.274 e. The van der Waals surface area contributed by atoms with Crippen molar-refractivity contribution in [1.82, 2.24) is 29.7 Å². The standard InChI is InChI=1S/C16H20N6O3S/c23-26(24,16-7-6-14(25-16)13-8-9-17-20-13)19-10-15-21-18-11-22(15)12-4-2-1-3-5-12/h6-9,11-12,19H,1-5,10H2,(H,17,20). The molecule has 0 aromatic carbocycles. The summed E-state index contributed by atoms with van der Waals surface area (Å²) in [6.45, 7) is 0.0684. The zero-order chi connectivity index (χ0) is 18.0. The van der Waals surface area contributed by atoms with Crippen LogP contribution >= 0.6 is 0 Å². The minimum atomic E-state index is -3.79. The van der Waals surface area contributed by atoms with Gasteiger partial charge in [0.15, 0.2) is 5.76 Å². The van der Waals surface area contributed by atoms with Crippen LogP contribution in [0.25, 0.3) is 11.5 Å². The third-order valence-corrected chi connectivity index (χ3v) is 5.92. The van der Waals surface area contributed by atoms with E-state index in [1.165, 1.54) is 25.3 Å². The summed E-state index contributed by atoms with van der Waals surface area (Å²) in [6.07, 6.45) is 9.00. The van der Waals surface area contributed by atoms with Crippen molar-refractivity contribution in [2.45, 2.75) is 49.8 Å². The summed E-state index contributed by atoms with van der Waals surface area (Å²) in [5, 5.41) is 14.4. The van der Waals surface area contributed by atoms with E-state index in [1.807, 2.05) is 4.57 Å². The molecule has 9 nitrogen and oxygen atoms in total. The average Bonchev–Trinajstić information content (AvgIpc) is 3.41. The van der Waals surface area contributed by atoms with Gasteiger partial charge in [0.1, 0.15) is 17.8 Å². The molecule has 26 heavy (non-hydrogen) atoms. The predicted octanol–water partition coefficient (Wildman–Crippen LogP) is 2.24. The van der Waals surface area contributed by atoms with Crippen LogP contribution in [0.3, 0.4) is 0 Å². The van der Waals surface area contributed by atoms with E-state index < -0.39 is 10.0 Å². The molecule has 1 aliphatic rings. The Morgan fingerprint density at radius 3 is 2.85 bits per heavy atom. The minimum Gasteiger partial charge on any atom is -0.442 e.